The number of hydrogen-bond donors (Lipinski definition) is 1. The summed E-state index contributed by atoms with van der Waals surface area (Å²) >= 11 is 0. The van der Waals surface area contributed by atoms with Gasteiger partial charge in [0.25, 0.3) is 0 Å². The normalized spacial score (nSPS) is 11.2. The molecule has 1 heterocycles. The third-order valence-electron chi connectivity index (χ3n) is 1.76. The van der Waals surface area contributed by atoms with Gasteiger partial charge in [-0.05, 0) is 13.0 Å². The number of nitrogen functional groups attached to an aromatic ring is 1. The summed E-state index contributed by atoms with van der Waals surface area (Å²) in [6.45, 7) is 1.57. The van der Waals surface area contributed by atoms with Gasteiger partial charge in [0.2, 0.25) is 0 Å². The predicted molar refractivity (Wildman–Crippen MR) is 49.6 cm³/mol. The van der Waals surface area contributed by atoms with Crippen LogP contribution in [0.4, 0.5) is 18.9 Å². The standard InChI is InChI=1S/C9H9F3N2O2/c1-2-16-8(15)7-6(13)5(3-4-14-7)9(10,11)12/h3-4H,2,13H2,1H3. The van der Waals surface area contributed by atoms with Crippen LogP contribution >= 0.6 is 0 Å². The second-order valence-electron chi connectivity index (χ2n) is 2.84. The average Bonchev–Trinajstić information content (AvgIpc) is 2.16. The van der Waals surface area contributed by atoms with Gasteiger partial charge in [-0.3, -0.25) is 0 Å². The lowest BCUT2D eigenvalue weighted by Crippen LogP contribution is -2.16. The molecule has 0 aliphatic heterocycles. The lowest BCUT2D eigenvalue weighted by molar-refractivity contribution is -0.137. The van der Waals surface area contributed by atoms with E-state index in [-0.39, 0.29) is 6.61 Å². The Morgan fingerprint density at radius 3 is 2.69 bits per heavy atom. The molecule has 7 heteroatoms. The smallest absolute Gasteiger partial charge is 0.418 e. The summed E-state index contributed by atoms with van der Waals surface area (Å²) in [5.74, 6) is -0.967. The van der Waals surface area contributed by atoms with E-state index in [2.05, 4.69) is 9.72 Å². The maximum atomic E-state index is 12.4. The Hall–Kier alpha value is -1.79. The van der Waals surface area contributed by atoms with E-state index in [0.717, 1.165) is 6.20 Å². The molecule has 0 unspecified atom stereocenters. The molecule has 0 bridgehead atoms. The molecule has 0 aromatic carbocycles. The Morgan fingerprint density at radius 1 is 1.56 bits per heavy atom. The summed E-state index contributed by atoms with van der Waals surface area (Å²) in [5.41, 5.74) is 2.89. The van der Waals surface area contributed by atoms with E-state index in [0.29, 0.717) is 6.07 Å². The SMILES string of the molecule is CCOC(=O)c1nccc(C(F)(F)F)c1N. The van der Waals surface area contributed by atoms with E-state index >= 15 is 0 Å². The van der Waals surface area contributed by atoms with Gasteiger partial charge in [-0.25, -0.2) is 9.78 Å². The summed E-state index contributed by atoms with van der Waals surface area (Å²) in [7, 11) is 0. The summed E-state index contributed by atoms with van der Waals surface area (Å²) in [6, 6.07) is 0.706. The van der Waals surface area contributed by atoms with E-state index < -0.39 is 29.1 Å². The summed E-state index contributed by atoms with van der Waals surface area (Å²) in [4.78, 5) is 14.7. The van der Waals surface area contributed by atoms with Crippen LogP contribution in [0.25, 0.3) is 0 Å². The van der Waals surface area contributed by atoms with E-state index in [1.165, 1.54) is 6.92 Å². The monoisotopic (exact) mass is 234 g/mol. The molecule has 0 saturated carbocycles. The van der Waals surface area contributed by atoms with Crippen molar-refractivity contribution < 1.29 is 22.7 Å². The highest BCUT2D eigenvalue weighted by molar-refractivity contribution is 5.93. The number of carbonyl (C=O) groups is 1. The number of pyridine rings is 1. The Morgan fingerprint density at radius 2 is 2.19 bits per heavy atom. The second kappa shape index (κ2) is 4.38. The van der Waals surface area contributed by atoms with Crippen LogP contribution in [0.15, 0.2) is 12.3 Å². The molecule has 2 N–H and O–H groups in total. The van der Waals surface area contributed by atoms with Crippen LogP contribution in [-0.2, 0) is 10.9 Å². The molecular weight excluding hydrogens is 225 g/mol. The van der Waals surface area contributed by atoms with Gasteiger partial charge in [0.15, 0.2) is 5.69 Å². The maximum Gasteiger partial charge on any atom is 0.418 e. The molecule has 1 aromatic heterocycles. The number of anilines is 1. The molecule has 0 aliphatic rings. The molecule has 0 amide bonds. The van der Waals surface area contributed by atoms with Crippen molar-refractivity contribution in [3.8, 4) is 0 Å². The molecule has 0 aliphatic carbocycles. The zero-order valence-corrected chi connectivity index (χ0v) is 8.34. The number of carbonyl (C=O) groups excluding carboxylic acids is 1. The van der Waals surface area contributed by atoms with Crippen molar-refractivity contribution in [1.82, 2.24) is 4.98 Å². The second-order valence-corrected chi connectivity index (χ2v) is 2.84. The first-order valence-corrected chi connectivity index (χ1v) is 4.36. The van der Waals surface area contributed by atoms with Crippen molar-refractivity contribution in [2.45, 2.75) is 13.1 Å². The zero-order chi connectivity index (χ0) is 12.3. The maximum absolute atomic E-state index is 12.4. The number of nitrogens with two attached hydrogens (primary N) is 1. The van der Waals surface area contributed by atoms with Crippen LogP contribution in [0.2, 0.25) is 0 Å². The zero-order valence-electron chi connectivity index (χ0n) is 8.34. The van der Waals surface area contributed by atoms with Gasteiger partial charge in [0.1, 0.15) is 0 Å². The fourth-order valence-corrected chi connectivity index (χ4v) is 1.08. The number of alkyl halides is 3. The van der Waals surface area contributed by atoms with Crippen LogP contribution in [0.3, 0.4) is 0 Å². The molecular formula is C9H9F3N2O2. The Bertz CT molecular complexity index is 404. The molecule has 0 radical (unpaired) electrons. The van der Waals surface area contributed by atoms with Crippen molar-refractivity contribution in [1.29, 1.82) is 0 Å². The summed E-state index contributed by atoms with van der Waals surface area (Å²) in [6.07, 6.45) is -3.75. The number of aromatic nitrogens is 1. The van der Waals surface area contributed by atoms with Gasteiger partial charge >= 0.3 is 12.1 Å². The Balaban J connectivity index is 3.19. The molecule has 0 saturated heterocycles. The highest BCUT2D eigenvalue weighted by Crippen LogP contribution is 2.34. The Labute approximate surface area is 89.2 Å². The van der Waals surface area contributed by atoms with E-state index in [1.807, 2.05) is 0 Å². The molecule has 0 atom stereocenters. The van der Waals surface area contributed by atoms with Gasteiger partial charge < -0.3 is 10.5 Å². The van der Waals surface area contributed by atoms with Gasteiger partial charge in [-0.15, -0.1) is 0 Å². The molecule has 0 fully saturated rings. The predicted octanol–water partition coefficient (Wildman–Crippen LogP) is 1.86. The summed E-state index contributed by atoms with van der Waals surface area (Å²) in [5, 5.41) is 0. The molecule has 1 aromatic rings. The van der Waals surface area contributed by atoms with Crippen molar-refractivity contribution in [3.63, 3.8) is 0 Å². The van der Waals surface area contributed by atoms with Gasteiger partial charge in [-0.2, -0.15) is 13.2 Å². The van der Waals surface area contributed by atoms with Gasteiger partial charge in [-0.1, -0.05) is 0 Å². The van der Waals surface area contributed by atoms with Gasteiger partial charge in [0, 0.05) is 6.20 Å². The molecule has 16 heavy (non-hydrogen) atoms. The van der Waals surface area contributed by atoms with E-state index in [1.54, 1.807) is 0 Å². The topological polar surface area (TPSA) is 65.2 Å². The minimum Gasteiger partial charge on any atom is -0.461 e. The van der Waals surface area contributed by atoms with Crippen molar-refractivity contribution in [2.75, 3.05) is 12.3 Å². The molecule has 88 valence electrons. The van der Waals surface area contributed by atoms with E-state index in [9.17, 15) is 18.0 Å². The van der Waals surface area contributed by atoms with Crippen LogP contribution < -0.4 is 5.73 Å². The minimum absolute atomic E-state index is 0.0379. The first kappa shape index (κ1) is 12.3. The lowest BCUT2D eigenvalue weighted by atomic mass is 10.1. The largest absolute Gasteiger partial charge is 0.461 e. The first-order valence-electron chi connectivity index (χ1n) is 4.36. The first-order chi connectivity index (χ1) is 7.38. The van der Waals surface area contributed by atoms with Crippen molar-refractivity contribution >= 4 is 11.7 Å². The van der Waals surface area contributed by atoms with Crippen LogP contribution in [0, 0.1) is 0 Å². The van der Waals surface area contributed by atoms with Crippen LogP contribution in [0.1, 0.15) is 23.0 Å². The van der Waals surface area contributed by atoms with Crippen LogP contribution in [-0.4, -0.2) is 17.6 Å². The third-order valence-corrected chi connectivity index (χ3v) is 1.76. The van der Waals surface area contributed by atoms with Gasteiger partial charge in [0.05, 0.1) is 17.9 Å². The highest BCUT2D eigenvalue weighted by atomic mass is 19.4. The van der Waals surface area contributed by atoms with Crippen molar-refractivity contribution in [2.24, 2.45) is 0 Å². The number of rotatable bonds is 2. The number of esters is 1. The fraction of sp³-hybridized carbons (Fsp3) is 0.333. The van der Waals surface area contributed by atoms with Crippen molar-refractivity contribution in [3.05, 3.63) is 23.5 Å². The lowest BCUT2D eigenvalue weighted by Gasteiger charge is -2.11. The molecule has 0 spiro atoms. The Kier molecular flexibility index (Phi) is 3.36. The quantitative estimate of drug-likeness (QED) is 0.793. The van der Waals surface area contributed by atoms with E-state index in [4.69, 9.17) is 5.73 Å². The molecule has 4 nitrogen and oxygen atoms in total. The third kappa shape index (κ3) is 2.41. The number of nitrogens with zero attached hydrogens (tertiary/aromatic N) is 1. The number of hydrogen-bond acceptors (Lipinski definition) is 4. The average molecular weight is 234 g/mol. The highest BCUT2D eigenvalue weighted by Gasteiger charge is 2.35. The number of ether oxygens (including phenoxy) is 1. The fourth-order valence-electron chi connectivity index (χ4n) is 1.08. The number of halogens is 3. The minimum atomic E-state index is -4.62. The molecule has 1 rings (SSSR count). The summed E-state index contributed by atoms with van der Waals surface area (Å²) < 4.78 is 41.8. The van der Waals surface area contributed by atoms with Crippen LogP contribution in [0.5, 0.6) is 0 Å².